The summed E-state index contributed by atoms with van der Waals surface area (Å²) in [7, 11) is 0. The van der Waals surface area contributed by atoms with Gasteiger partial charge in [0.05, 0.1) is 13.0 Å². The van der Waals surface area contributed by atoms with Gasteiger partial charge in [-0.3, -0.25) is 9.36 Å². The maximum atomic E-state index is 14.6. The van der Waals surface area contributed by atoms with Crippen LogP contribution in [0.25, 0.3) is 10.4 Å². The number of halogens is 2. The van der Waals surface area contributed by atoms with E-state index < -0.39 is 49.0 Å². The molecule has 0 unspecified atom stereocenters. The van der Waals surface area contributed by atoms with Crippen LogP contribution >= 0.6 is 0 Å². The lowest BCUT2D eigenvalue weighted by Gasteiger charge is -2.23. The highest BCUT2D eigenvalue weighted by atomic mass is 19.3. The molecule has 0 saturated carbocycles. The number of aliphatic hydroxyl groups excluding tert-OH is 1. The Kier molecular flexibility index (Phi) is 5.51. The Balaban J connectivity index is 2.24. The van der Waals surface area contributed by atoms with Crippen LogP contribution in [0.1, 0.15) is 12.6 Å². The van der Waals surface area contributed by atoms with Crippen LogP contribution in [0.2, 0.25) is 0 Å². The van der Waals surface area contributed by atoms with E-state index in [-0.39, 0.29) is 12.4 Å². The second-order valence-electron chi connectivity index (χ2n) is 5.04. The number of anilines is 1. The van der Waals surface area contributed by atoms with Gasteiger partial charge in [-0.2, -0.15) is 13.8 Å². The number of aromatic nitrogens is 2. The molecule has 136 valence electrons. The molecule has 3 N–H and O–H groups in total. The normalized spacial score (nSPS) is 24.5. The van der Waals surface area contributed by atoms with E-state index in [1.807, 2.05) is 0 Å². The Labute approximate surface area is 138 Å². The number of esters is 1. The van der Waals surface area contributed by atoms with Crippen molar-refractivity contribution in [2.75, 3.05) is 18.9 Å². The van der Waals surface area contributed by atoms with Gasteiger partial charge in [-0.25, -0.2) is 4.79 Å². The van der Waals surface area contributed by atoms with Gasteiger partial charge in [0.1, 0.15) is 11.9 Å². The van der Waals surface area contributed by atoms with Gasteiger partial charge in [0.25, 0.3) is 0 Å². The Bertz CT molecular complexity index is 750. The minimum atomic E-state index is -3.83. The van der Waals surface area contributed by atoms with Crippen molar-refractivity contribution >= 4 is 11.8 Å². The van der Waals surface area contributed by atoms with Crippen molar-refractivity contribution in [3.63, 3.8) is 0 Å². The van der Waals surface area contributed by atoms with E-state index in [0.717, 1.165) is 12.3 Å². The number of carbonyl (C=O) groups is 1. The molecule has 11 nitrogen and oxygen atoms in total. The third kappa shape index (κ3) is 3.84. The van der Waals surface area contributed by atoms with Crippen LogP contribution in [0.5, 0.6) is 0 Å². The van der Waals surface area contributed by atoms with E-state index in [2.05, 4.69) is 19.7 Å². The third-order valence-electron chi connectivity index (χ3n) is 3.37. The first kappa shape index (κ1) is 18.6. The van der Waals surface area contributed by atoms with Gasteiger partial charge in [-0.1, -0.05) is 5.11 Å². The number of hydrogen-bond acceptors (Lipinski definition) is 8. The lowest BCUT2D eigenvalue weighted by Crippen LogP contribution is -2.44. The van der Waals surface area contributed by atoms with E-state index >= 15 is 0 Å². The fourth-order valence-electron chi connectivity index (χ4n) is 2.25. The first-order valence-electron chi connectivity index (χ1n) is 7.00. The minimum absolute atomic E-state index is 0.165. The SMILES string of the molecule is [N-]=[N+]=NCCC(=O)O[C@H]1[C@@H](CO)O[C@@H](n2ccc(N)nc2=O)C1(F)F. The average molecular weight is 360 g/mol. The predicted octanol–water partition coefficient (Wildman–Crippen LogP) is -0.0373. The zero-order valence-electron chi connectivity index (χ0n) is 12.7. The molecule has 0 amide bonds. The van der Waals surface area contributed by atoms with Crippen molar-refractivity contribution < 1.29 is 28.2 Å². The fourth-order valence-corrected chi connectivity index (χ4v) is 2.25. The molecule has 0 radical (unpaired) electrons. The Morgan fingerprint density at radius 1 is 1.64 bits per heavy atom. The zero-order valence-corrected chi connectivity index (χ0v) is 12.7. The third-order valence-corrected chi connectivity index (χ3v) is 3.37. The Hall–Kier alpha value is -2.76. The smallest absolute Gasteiger partial charge is 0.351 e. The van der Waals surface area contributed by atoms with Crippen molar-refractivity contribution in [1.82, 2.24) is 9.55 Å². The van der Waals surface area contributed by atoms with E-state index in [4.69, 9.17) is 16.0 Å². The standard InChI is InChI=1S/C12H14F2N6O5/c13-12(14)9(25-8(22)1-3-17-19-16)6(5-21)24-10(12)20-4-2-7(15)18-11(20)23/h2,4,6,9-10,21H,1,3,5H2,(H2,15,18,23)/t6-,9+,10-/m1/s1. The fraction of sp³-hybridized carbons (Fsp3) is 0.583. The number of nitrogens with two attached hydrogens (primary N) is 1. The van der Waals surface area contributed by atoms with Crippen molar-refractivity contribution in [2.24, 2.45) is 5.11 Å². The lowest BCUT2D eigenvalue weighted by atomic mass is 10.1. The maximum absolute atomic E-state index is 14.6. The van der Waals surface area contributed by atoms with Crippen molar-refractivity contribution in [3.05, 3.63) is 33.2 Å². The summed E-state index contributed by atoms with van der Waals surface area (Å²) in [6.07, 6.45) is -5.30. The van der Waals surface area contributed by atoms with Gasteiger partial charge in [0, 0.05) is 17.7 Å². The summed E-state index contributed by atoms with van der Waals surface area (Å²) >= 11 is 0. The van der Waals surface area contributed by atoms with Crippen molar-refractivity contribution in [1.29, 1.82) is 0 Å². The summed E-state index contributed by atoms with van der Waals surface area (Å²) in [5.74, 6) is -5.06. The molecule has 25 heavy (non-hydrogen) atoms. The largest absolute Gasteiger partial charge is 0.453 e. The summed E-state index contributed by atoms with van der Waals surface area (Å²) in [5, 5.41) is 12.3. The van der Waals surface area contributed by atoms with Crippen molar-refractivity contribution in [3.8, 4) is 0 Å². The summed E-state index contributed by atoms with van der Waals surface area (Å²) in [4.78, 5) is 29.1. The Morgan fingerprint density at radius 3 is 2.96 bits per heavy atom. The molecule has 0 aliphatic carbocycles. The van der Waals surface area contributed by atoms with E-state index in [0.29, 0.717) is 4.57 Å². The maximum Gasteiger partial charge on any atom is 0.351 e. The molecule has 1 fully saturated rings. The van der Waals surface area contributed by atoms with Crippen LogP contribution in [-0.2, 0) is 14.3 Å². The molecule has 2 heterocycles. The highest BCUT2D eigenvalue weighted by Crippen LogP contribution is 2.43. The molecule has 0 spiro atoms. The molecular weight excluding hydrogens is 346 g/mol. The van der Waals surface area contributed by atoms with Gasteiger partial charge in [-0.15, -0.1) is 0 Å². The second kappa shape index (κ2) is 7.42. The number of rotatable bonds is 6. The summed E-state index contributed by atoms with van der Waals surface area (Å²) in [6, 6.07) is 1.12. The predicted molar refractivity (Wildman–Crippen MR) is 77.4 cm³/mol. The van der Waals surface area contributed by atoms with Crippen LogP contribution < -0.4 is 11.4 Å². The van der Waals surface area contributed by atoms with Gasteiger partial charge >= 0.3 is 17.6 Å². The number of ether oxygens (including phenoxy) is 2. The lowest BCUT2D eigenvalue weighted by molar-refractivity contribution is -0.176. The molecule has 1 aliphatic rings. The zero-order chi connectivity index (χ0) is 18.6. The highest BCUT2D eigenvalue weighted by Gasteiger charge is 2.62. The molecule has 3 atom stereocenters. The molecular formula is C12H14F2N6O5. The van der Waals surface area contributed by atoms with Crippen LogP contribution in [0.15, 0.2) is 22.2 Å². The molecule has 2 rings (SSSR count). The van der Waals surface area contributed by atoms with Crippen LogP contribution in [0.4, 0.5) is 14.6 Å². The second-order valence-corrected chi connectivity index (χ2v) is 5.04. The van der Waals surface area contributed by atoms with Crippen LogP contribution in [-0.4, -0.2) is 51.9 Å². The molecule has 0 aromatic carbocycles. The van der Waals surface area contributed by atoms with Gasteiger partial charge < -0.3 is 20.3 Å². The summed E-state index contributed by atoms with van der Waals surface area (Å²) in [5.41, 5.74) is 12.3. The number of azide groups is 1. The molecule has 1 saturated heterocycles. The van der Waals surface area contributed by atoms with E-state index in [1.54, 1.807) is 0 Å². The number of alkyl halides is 2. The van der Waals surface area contributed by atoms with E-state index in [9.17, 15) is 23.5 Å². The van der Waals surface area contributed by atoms with Crippen LogP contribution in [0.3, 0.4) is 0 Å². The molecule has 0 bridgehead atoms. The Morgan fingerprint density at radius 2 is 2.36 bits per heavy atom. The van der Waals surface area contributed by atoms with Gasteiger partial charge in [0.2, 0.25) is 6.23 Å². The number of nitrogen functional groups attached to an aromatic ring is 1. The first-order chi connectivity index (χ1) is 11.8. The number of aliphatic hydroxyl groups is 1. The van der Waals surface area contributed by atoms with Crippen molar-refractivity contribution in [2.45, 2.75) is 30.8 Å². The molecule has 13 heteroatoms. The topological polar surface area (TPSA) is 165 Å². The molecule has 1 aliphatic heterocycles. The molecule has 1 aromatic heterocycles. The first-order valence-corrected chi connectivity index (χ1v) is 7.00. The molecule has 1 aromatic rings. The number of carbonyl (C=O) groups excluding carboxylic acids is 1. The minimum Gasteiger partial charge on any atom is -0.453 e. The summed E-state index contributed by atoms with van der Waals surface area (Å²) in [6.45, 7) is -1.15. The summed E-state index contributed by atoms with van der Waals surface area (Å²) < 4.78 is 39.4. The van der Waals surface area contributed by atoms with Gasteiger partial charge in [-0.05, 0) is 11.6 Å². The van der Waals surface area contributed by atoms with Gasteiger partial charge in [0.15, 0.2) is 6.10 Å². The highest BCUT2D eigenvalue weighted by molar-refractivity contribution is 5.70. The monoisotopic (exact) mass is 360 g/mol. The quantitative estimate of drug-likeness (QED) is 0.311. The number of hydrogen-bond donors (Lipinski definition) is 2. The van der Waals surface area contributed by atoms with E-state index in [1.165, 1.54) is 0 Å². The van der Waals surface area contributed by atoms with Crippen LogP contribution in [0, 0.1) is 0 Å². The number of nitrogens with zero attached hydrogens (tertiary/aromatic N) is 5. The average Bonchev–Trinajstić information content (AvgIpc) is 2.79.